The summed E-state index contributed by atoms with van der Waals surface area (Å²) >= 11 is 6.09. The molecule has 1 unspecified atom stereocenters. The molecule has 0 radical (unpaired) electrons. The Hall–Kier alpha value is -3.32. The van der Waals surface area contributed by atoms with Gasteiger partial charge in [0.2, 0.25) is 0 Å². The van der Waals surface area contributed by atoms with Crippen LogP contribution >= 0.6 is 19.3 Å². The molecule has 5 atom stereocenters. The van der Waals surface area contributed by atoms with E-state index in [1.165, 1.54) is 26.0 Å². The molecule has 234 valence electrons. The number of aromatic nitrogens is 2. The predicted molar refractivity (Wildman–Crippen MR) is 158 cm³/mol. The third kappa shape index (κ3) is 10.1. The first-order valence-electron chi connectivity index (χ1n) is 13.3. The van der Waals surface area contributed by atoms with Crippen LogP contribution in [0, 0.1) is 0 Å². The number of aromatic amines is 1. The fraction of sp³-hybridized carbons (Fsp3) is 0.393. The lowest BCUT2D eigenvalue weighted by molar-refractivity contribution is -0.149. The van der Waals surface area contributed by atoms with E-state index in [0.717, 1.165) is 28.0 Å². The molecule has 2 aromatic carbocycles. The van der Waals surface area contributed by atoms with Gasteiger partial charge in [-0.15, -0.1) is 0 Å². The number of benzene rings is 2. The number of aliphatic hydroxyl groups is 1. The van der Waals surface area contributed by atoms with Gasteiger partial charge in [0.1, 0.15) is 24.6 Å². The Morgan fingerprint density at radius 1 is 1.09 bits per heavy atom. The molecular formula is C28H34ClFN3O9P. The molecule has 12 nitrogen and oxygen atoms in total. The Morgan fingerprint density at radius 3 is 2.37 bits per heavy atom. The number of esters is 1. The molecule has 0 aliphatic heterocycles. The van der Waals surface area contributed by atoms with Crippen molar-refractivity contribution in [1.82, 2.24) is 14.6 Å². The Kier molecular flexibility index (Phi) is 12.3. The summed E-state index contributed by atoms with van der Waals surface area (Å²) in [5.74, 6) is -0.612. The molecule has 1 heterocycles. The van der Waals surface area contributed by atoms with Crippen LogP contribution in [0.25, 0.3) is 11.1 Å². The number of carbonyl (C=O) groups is 1. The van der Waals surface area contributed by atoms with Crippen molar-refractivity contribution in [2.75, 3.05) is 13.3 Å². The van der Waals surface area contributed by atoms with Crippen molar-refractivity contribution in [2.45, 2.75) is 58.3 Å². The Labute approximate surface area is 252 Å². The largest absolute Gasteiger partial charge is 0.462 e. The minimum Gasteiger partial charge on any atom is -0.462 e. The molecule has 3 rings (SSSR count). The van der Waals surface area contributed by atoms with E-state index in [2.05, 4.69) is 5.09 Å². The number of nitrogens with one attached hydrogen (secondary N) is 2. The number of nitrogens with zero attached hydrogens (tertiary/aromatic N) is 1. The quantitative estimate of drug-likeness (QED) is 0.162. The molecule has 43 heavy (non-hydrogen) atoms. The van der Waals surface area contributed by atoms with Gasteiger partial charge in [0, 0.05) is 17.3 Å². The molecule has 0 aliphatic carbocycles. The number of aliphatic hydroxyl groups excluding tert-OH is 1. The fourth-order valence-electron chi connectivity index (χ4n) is 3.73. The fourth-order valence-corrected chi connectivity index (χ4v) is 5.42. The summed E-state index contributed by atoms with van der Waals surface area (Å²) in [7, 11) is -4.40. The van der Waals surface area contributed by atoms with E-state index in [-0.39, 0.29) is 5.75 Å². The second-order valence-electron chi connectivity index (χ2n) is 9.80. The lowest BCUT2D eigenvalue weighted by atomic mass is 10.1. The van der Waals surface area contributed by atoms with Gasteiger partial charge in [-0.3, -0.25) is 23.7 Å². The molecule has 0 bridgehead atoms. The number of halogens is 2. The molecule has 3 N–H and O–H groups in total. The molecule has 0 amide bonds. The first-order valence-corrected chi connectivity index (χ1v) is 15.2. The average molecular weight is 642 g/mol. The summed E-state index contributed by atoms with van der Waals surface area (Å²) in [6.45, 7) is 4.18. The number of carbonyl (C=O) groups excluding carboxylic acids is 1. The van der Waals surface area contributed by atoms with Gasteiger partial charge in [0.05, 0.1) is 18.8 Å². The van der Waals surface area contributed by atoms with Crippen LogP contribution in [-0.2, 0) is 23.4 Å². The first-order chi connectivity index (χ1) is 20.3. The zero-order chi connectivity index (χ0) is 31.7. The topological polar surface area (TPSA) is 158 Å². The van der Waals surface area contributed by atoms with Crippen LogP contribution in [0.3, 0.4) is 0 Å². The highest BCUT2D eigenvalue weighted by atomic mass is 35.5. The highest BCUT2D eigenvalue weighted by Crippen LogP contribution is 2.45. The number of H-pyrrole nitrogens is 1. The van der Waals surface area contributed by atoms with Crippen molar-refractivity contribution >= 4 is 25.3 Å². The maximum atomic E-state index is 13.9. The number of hydrogen-bond acceptors (Lipinski definition) is 9. The van der Waals surface area contributed by atoms with Crippen LogP contribution in [-0.4, -0.2) is 58.3 Å². The van der Waals surface area contributed by atoms with Gasteiger partial charge in [-0.05, 0) is 63.1 Å². The lowest BCUT2D eigenvalue weighted by Crippen LogP contribution is -2.40. The molecule has 0 saturated heterocycles. The summed E-state index contributed by atoms with van der Waals surface area (Å²) in [4.78, 5) is 38.0. The molecule has 0 aliphatic rings. The summed E-state index contributed by atoms with van der Waals surface area (Å²) in [5, 5.41) is 13.4. The van der Waals surface area contributed by atoms with E-state index in [0.29, 0.717) is 5.02 Å². The first kappa shape index (κ1) is 34.2. The highest BCUT2D eigenvalue weighted by Gasteiger charge is 2.35. The van der Waals surface area contributed by atoms with Crippen LogP contribution in [0.1, 0.15) is 33.9 Å². The van der Waals surface area contributed by atoms with Crippen molar-refractivity contribution in [3.05, 3.63) is 86.7 Å². The summed E-state index contributed by atoms with van der Waals surface area (Å²) in [6, 6.07) is 13.5. The van der Waals surface area contributed by atoms with Crippen molar-refractivity contribution in [2.24, 2.45) is 0 Å². The van der Waals surface area contributed by atoms with E-state index < -0.39 is 68.8 Å². The number of hydrogen-bond donors (Lipinski definition) is 3. The van der Waals surface area contributed by atoms with Gasteiger partial charge in [-0.2, -0.15) is 5.09 Å². The standard InChI is InChI=1S/C28H34ClFN3O9P/c1-17(2)40-27(36)18(3)32-43(38,42-23-10-8-20(9-11-23)21-6-5-7-22(29)14-21)39-16-24(19(4)34)41-26(15-30)33-13-12-25(35)31-28(33)37/h5-14,17-19,24,26,34H,15-16H2,1-4H3,(H,32,38)(H,31,35,37)/t18-,19-,24+,26+,43?/m0/s1. The molecule has 0 spiro atoms. The third-order valence-corrected chi connectivity index (χ3v) is 7.75. The zero-order valence-electron chi connectivity index (χ0n) is 23.9. The number of ether oxygens (including phenoxy) is 2. The second kappa shape index (κ2) is 15.4. The molecular weight excluding hydrogens is 608 g/mol. The maximum Gasteiger partial charge on any atom is 0.459 e. The predicted octanol–water partition coefficient (Wildman–Crippen LogP) is 4.22. The molecule has 0 saturated carbocycles. The van der Waals surface area contributed by atoms with Crippen molar-refractivity contribution in [3.8, 4) is 16.9 Å². The van der Waals surface area contributed by atoms with Crippen LogP contribution in [0.5, 0.6) is 5.75 Å². The summed E-state index contributed by atoms with van der Waals surface area (Å²) in [5.41, 5.74) is 0.00584. The molecule has 3 aromatic rings. The van der Waals surface area contributed by atoms with Crippen LogP contribution in [0.15, 0.2) is 70.4 Å². The zero-order valence-corrected chi connectivity index (χ0v) is 25.6. The monoisotopic (exact) mass is 641 g/mol. The Morgan fingerprint density at radius 2 is 1.79 bits per heavy atom. The Balaban J connectivity index is 1.83. The molecule has 15 heteroatoms. The average Bonchev–Trinajstić information content (AvgIpc) is 2.93. The van der Waals surface area contributed by atoms with Crippen LogP contribution < -0.4 is 20.9 Å². The van der Waals surface area contributed by atoms with E-state index >= 15 is 0 Å². The van der Waals surface area contributed by atoms with Gasteiger partial charge in [-0.25, -0.2) is 13.8 Å². The van der Waals surface area contributed by atoms with Gasteiger partial charge in [0.15, 0.2) is 6.23 Å². The molecule has 0 fully saturated rings. The van der Waals surface area contributed by atoms with E-state index in [1.54, 1.807) is 44.2 Å². The van der Waals surface area contributed by atoms with Crippen LogP contribution in [0.4, 0.5) is 4.39 Å². The SMILES string of the molecule is CC(C)OC(=O)[C@H](C)NP(=O)(OC[C@@H](O[C@H](CF)n1ccc(=O)[nH]c1=O)[C@H](C)O)Oc1ccc(-c2cccc(Cl)c2)cc1. The third-order valence-electron chi connectivity index (χ3n) is 5.87. The van der Waals surface area contributed by atoms with E-state index in [1.807, 2.05) is 11.1 Å². The van der Waals surface area contributed by atoms with Gasteiger partial charge in [-0.1, -0.05) is 35.9 Å². The van der Waals surface area contributed by atoms with Crippen molar-refractivity contribution in [1.29, 1.82) is 0 Å². The minimum absolute atomic E-state index is 0.113. The molecule has 1 aromatic heterocycles. The van der Waals surface area contributed by atoms with Crippen molar-refractivity contribution < 1.29 is 37.4 Å². The van der Waals surface area contributed by atoms with Crippen molar-refractivity contribution in [3.63, 3.8) is 0 Å². The van der Waals surface area contributed by atoms with Gasteiger partial charge >= 0.3 is 19.4 Å². The Bertz CT molecular complexity index is 1530. The summed E-state index contributed by atoms with van der Waals surface area (Å²) in [6.07, 6.45) is -3.60. The van der Waals surface area contributed by atoms with Gasteiger partial charge in [0.25, 0.3) is 5.56 Å². The smallest absolute Gasteiger partial charge is 0.459 e. The summed E-state index contributed by atoms with van der Waals surface area (Å²) < 4.78 is 50.7. The van der Waals surface area contributed by atoms with Gasteiger partial charge < -0.3 is 19.1 Å². The normalized spacial score (nSPS) is 15.7. The second-order valence-corrected chi connectivity index (χ2v) is 11.9. The number of rotatable bonds is 15. The minimum atomic E-state index is -4.40. The van der Waals surface area contributed by atoms with E-state index in [4.69, 9.17) is 30.1 Å². The highest BCUT2D eigenvalue weighted by molar-refractivity contribution is 7.52. The lowest BCUT2D eigenvalue weighted by Gasteiger charge is -2.28. The number of alkyl halides is 1. The van der Waals surface area contributed by atoms with Crippen LogP contribution in [0.2, 0.25) is 5.02 Å². The van der Waals surface area contributed by atoms with E-state index in [9.17, 15) is 28.4 Å². The maximum absolute atomic E-state index is 13.9.